The van der Waals surface area contributed by atoms with Crippen LogP contribution >= 0.6 is 0 Å². The lowest BCUT2D eigenvalue weighted by atomic mass is 10.1. The summed E-state index contributed by atoms with van der Waals surface area (Å²) in [6.07, 6.45) is 4.30. The molecular weight excluding hydrogens is 412 g/mol. The monoisotopic (exact) mass is 430 g/mol. The second-order valence-electron chi connectivity index (χ2n) is 7.01. The van der Waals surface area contributed by atoms with Crippen LogP contribution in [0, 0.1) is 0 Å². The highest BCUT2D eigenvalue weighted by molar-refractivity contribution is 5.97. The maximum atomic E-state index is 11.7. The van der Waals surface area contributed by atoms with Crippen LogP contribution in [0.1, 0.15) is 27.7 Å². The van der Waals surface area contributed by atoms with E-state index in [-0.39, 0.29) is 24.4 Å². The zero-order valence-corrected chi connectivity index (χ0v) is 16.7. The van der Waals surface area contributed by atoms with Gasteiger partial charge in [0, 0.05) is 18.5 Å². The maximum Gasteiger partial charge on any atom is 0.255 e. The number of aliphatic hydroxyl groups is 1. The average molecular weight is 430 g/mol. The molecule has 0 spiro atoms. The summed E-state index contributed by atoms with van der Waals surface area (Å²) >= 11 is 0. The molecule has 1 amide bonds. The Morgan fingerprint density at radius 3 is 2.78 bits per heavy atom. The number of carbonyl (C=O) groups excluding carboxylic acids is 1. The number of anilines is 3. The molecule has 4 heterocycles. The van der Waals surface area contributed by atoms with Crippen LogP contribution in [-0.4, -0.2) is 42.8 Å². The summed E-state index contributed by atoms with van der Waals surface area (Å²) in [5.74, 6) is 0.870. The van der Waals surface area contributed by atoms with E-state index in [1.54, 1.807) is 12.3 Å². The van der Waals surface area contributed by atoms with Gasteiger partial charge in [-0.1, -0.05) is 30.3 Å². The molecule has 0 aliphatic carbocycles. The number of fused-ring (bicyclic) bond motifs is 1. The minimum absolute atomic E-state index is 0.132. The molecule has 1 aliphatic heterocycles. The highest BCUT2D eigenvalue weighted by Gasteiger charge is 2.22. The summed E-state index contributed by atoms with van der Waals surface area (Å²) in [7, 11) is 0. The molecule has 1 atom stereocenters. The van der Waals surface area contributed by atoms with Gasteiger partial charge in [0.1, 0.15) is 5.82 Å². The summed E-state index contributed by atoms with van der Waals surface area (Å²) in [5, 5.41) is 26.8. The molecule has 160 valence electrons. The van der Waals surface area contributed by atoms with Crippen LogP contribution in [0.4, 0.5) is 17.5 Å². The lowest BCUT2D eigenvalue weighted by Gasteiger charge is -2.20. The second-order valence-corrected chi connectivity index (χ2v) is 7.01. The highest BCUT2D eigenvalue weighted by Crippen LogP contribution is 2.31. The molecule has 5 rings (SSSR count). The summed E-state index contributed by atoms with van der Waals surface area (Å²) in [6, 6.07) is 10.9. The number of hydrogen-bond donors (Lipinski definition) is 4. The number of aromatic nitrogens is 5. The topological polar surface area (TPSA) is 151 Å². The van der Waals surface area contributed by atoms with E-state index < -0.39 is 0 Å². The van der Waals surface area contributed by atoms with Gasteiger partial charge in [0.05, 0.1) is 41.7 Å². The smallest absolute Gasteiger partial charge is 0.255 e. The van der Waals surface area contributed by atoms with Gasteiger partial charge >= 0.3 is 0 Å². The molecule has 1 aromatic carbocycles. The molecule has 0 saturated heterocycles. The number of pyridine rings is 1. The van der Waals surface area contributed by atoms with Gasteiger partial charge in [0.25, 0.3) is 11.8 Å². The SMILES string of the molecule is O=C1NCc2nc(Nc3cc(N[C@H](CO)c4ccccc4)c(-c4nnco4)cn3)ncc21. The molecule has 0 radical (unpaired) electrons. The van der Waals surface area contributed by atoms with Gasteiger partial charge in [-0.2, -0.15) is 0 Å². The molecule has 11 nitrogen and oxygen atoms in total. The average Bonchev–Trinajstić information content (AvgIpc) is 3.48. The predicted octanol–water partition coefficient (Wildman–Crippen LogP) is 2.05. The molecule has 0 bridgehead atoms. The predicted molar refractivity (Wildman–Crippen MR) is 114 cm³/mol. The van der Waals surface area contributed by atoms with E-state index in [0.717, 1.165) is 5.56 Å². The second kappa shape index (κ2) is 8.40. The fraction of sp³-hybridized carbons (Fsp3) is 0.143. The minimum Gasteiger partial charge on any atom is -0.423 e. The Labute approximate surface area is 182 Å². The molecule has 3 aromatic heterocycles. The van der Waals surface area contributed by atoms with Crippen LogP contribution in [0.25, 0.3) is 11.5 Å². The number of carbonyl (C=O) groups is 1. The third-order valence-electron chi connectivity index (χ3n) is 4.98. The number of nitrogens with one attached hydrogen (secondary N) is 3. The number of hydrogen-bond acceptors (Lipinski definition) is 10. The number of nitrogens with zero attached hydrogens (tertiary/aromatic N) is 5. The van der Waals surface area contributed by atoms with E-state index in [9.17, 15) is 9.90 Å². The summed E-state index contributed by atoms with van der Waals surface area (Å²) in [6.45, 7) is 0.226. The van der Waals surface area contributed by atoms with Gasteiger partial charge in [0.15, 0.2) is 0 Å². The lowest BCUT2D eigenvalue weighted by Crippen LogP contribution is -2.15. The first kappa shape index (κ1) is 19.6. The first-order chi connectivity index (χ1) is 15.7. The highest BCUT2D eigenvalue weighted by atomic mass is 16.4. The van der Waals surface area contributed by atoms with Gasteiger partial charge in [-0.15, -0.1) is 10.2 Å². The van der Waals surface area contributed by atoms with Gasteiger partial charge in [-0.3, -0.25) is 4.79 Å². The molecule has 32 heavy (non-hydrogen) atoms. The Hall–Kier alpha value is -4.38. The van der Waals surface area contributed by atoms with Crippen LogP contribution in [0.2, 0.25) is 0 Å². The van der Waals surface area contributed by atoms with Crippen LogP contribution in [0.15, 0.2) is 59.6 Å². The zero-order chi connectivity index (χ0) is 21.9. The number of aliphatic hydroxyl groups excluding tert-OH is 1. The van der Waals surface area contributed by atoms with E-state index in [2.05, 4.69) is 41.1 Å². The van der Waals surface area contributed by atoms with Crippen molar-refractivity contribution < 1.29 is 14.3 Å². The first-order valence-corrected chi connectivity index (χ1v) is 9.81. The quantitative estimate of drug-likeness (QED) is 0.343. The van der Waals surface area contributed by atoms with Crippen molar-refractivity contribution in [1.29, 1.82) is 0 Å². The minimum atomic E-state index is -0.374. The number of rotatable bonds is 7. The summed E-state index contributed by atoms with van der Waals surface area (Å²) in [4.78, 5) is 24.7. The molecule has 4 aromatic rings. The van der Waals surface area contributed by atoms with Crippen molar-refractivity contribution >= 4 is 23.4 Å². The fourth-order valence-electron chi connectivity index (χ4n) is 3.39. The van der Waals surface area contributed by atoms with E-state index in [1.165, 1.54) is 12.6 Å². The Kier molecular flexibility index (Phi) is 5.14. The van der Waals surface area contributed by atoms with Crippen molar-refractivity contribution in [3.8, 4) is 11.5 Å². The van der Waals surface area contributed by atoms with Crippen molar-refractivity contribution in [2.24, 2.45) is 0 Å². The van der Waals surface area contributed by atoms with E-state index in [4.69, 9.17) is 4.42 Å². The number of amides is 1. The lowest BCUT2D eigenvalue weighted by molar-refractivity contribution is 0.0965. The van der Waals surface area contributed by atoms with Crippen LogP contribution in [0.5, 0.6) is 0 Å². The van der Waals surface area contributed by atoms with Crippen molar-refractivity contribution in [3.63, 3.8) is 0 Å². The molecule has 0 unspecified atom stereocenters. The summed E-state index contributed by atoms with van der Waals surface area (Å²) < 4.78 is 5.35. The third kappa shape index (κ3) is 3.84. The standard InChI is InChI=1S/C21H18N8O3/c30-10-17(12-4-2-1-3-5-12)26-15-6-18(22-8-14(15)20-29-25-11-32-20)28-21-24-7-13-16(27-21)9-23-19(13)31/h1-8,11,17,30H,9-10H2,(H,23,31)(H2,22,24,26,27,28)/t17-/m1/s1. The molecule has 1 aliphatic rings. The van der Waals surface area contributed by atoms with Crippen LogP contribution in [-0.2, 0) is 6.54 Å². The van der Waals surface area contributed by atoms with Crippen molar-refractivity contribution in [2.75, 3.05) is 17.2 Å². The molecule has 4 N–H and O–H groups in total. The molecular formula is C21H18N8O3. The van der Waals surface area contributed by atoms with Crippen molar-refractivity contribution in [2.45, 2.75) is 12.6 Å². The largest absolute Gasteiger partial charge is 0.423 e. The zero-order valence-electron chi connectivity index (χ0n) is 16.7. The normalized spacial score (nSPS) is 13.3. The van der Waals surface area contributed by atoms with E-state index >= 15 is 0 Å². The Morgan fingerprint density at radius 1 is 1.16 bits per heavy atom. The molecule has 11 heteroatoms. The number of benzene rings is 1. The van der Waals surface area contributed by atoms with Crippen molar-refractivity contribution in [1.82, 2.24) is 30.5 Å². The Morgan fingerprint density at radius 2 is 2.00 bits per heavy atom. The van der Waals surface area contributed by atoms with Crippen LogP contribution in [0.3, 0.4) is 0 Å². The molecule has 0 fully saturated rings. The maximum absolute atomic E-state index is 11.7. The fourth-order valence-corrected chi connectivity index (χ4v) is 3.39. The third-order valence-corrected chi connectivity index (χ3v) is 4.98. The van der Waals surface area contributed by atoms with Gasteiger partial charge < -0.3 is 25.5 Å². The van der Waals surface area contributed by atoms with E-state index in [0.29, 0.717) is 40.8 Å². The summed E-state index contributed by atoms with van der Waals surface area (Å²) in [5.41, 5.74) is 3.20. The van der Waals surface area contributed by atoms with E-state index in [1.807, 2.05) is 30.3 Å². The van der Waals surface area contributed by atoms with Gasteiger partial charge in [0.2, 0.25) is 12.3 Å². The Balaban J connectivity index is 1.47. The van der Waals surface area contributed by atoms with Gasteiger partial charge in [-0.05, 0) is 5.56 Å². The van der Waals surface area contributed by atoms with Crippen LogP contribution < -0.4 is 16.0 Å². The first-order valence-electron chi connectivity index (χ1n) is 9.81. The molecule has 0 saturated carbocycles. The van der Waals surface area contributed by atoms with Crippen molar-refractivity contribution in [3.05, 3.63) is 72.0 Å². The Bertz CT molecular complexity index is 1250. The van der Waals surface area contributed by atoms with Gasteiger partial charge in [-0.25, -0.2) is 15.0 Å².